The average molecular weight is 418 g/mol. The van der Waals surface area contributed by atoms with Crippen LogP contribution >= 0.6 is 0 Å². The first-order valence-electron chi connectivity index (χ1n) is 9.76. The Hall–Kier alpha value is -3.92. The summed E-state index contributed by atoms with van der Waals surface area (Å²) < 4.78 is 10.6. The van der Waals surface area contributed by atoms with E-state index in [1.807, 2.05) is 45.0 Å². The van der Waals surface area contributed by atoms with Gasteiger partial charge in [0, 0.05) is 18.3 Å². The molecule has 0 aliphatic heterocycles. The van der Waals surface area contributed by atoms with Gasteiger partial charge in [0.15, 0.2) is 12.0 Å². The van der Waals surface area contributed by atoms with Crippen LogP contribution < -0.4 is 10.3 Å². The fourth-order valence-electron chi connectivity index (χ4n) is 3.31. The number of benzene rings is 2. The van der Waals surface area contributed by atoms with E-state index in [1.54, 1.807) is 18.2 Å². The molecular weight excluding hydrogens is 396 g/mol. The number of nitrogens with zero attached hydrogens (tertiary/aromatic N) is 2. The summed E-state index contributed by atoms with van der Waals surface area (Å²) in [6, 6.07) is 13.8. The number of hydrogen-bond donors (Lipinski definition) is 0. The minimum atomic E-state index is -0.909. The first-order valence-corrected chi connectivity index (χ1v) is 9.76. The Bertz CT molecular complexity index is 1230. The number of rotatable bonds is 6. The second kappa shape index (κ2) is 9.26. The molecule has 1 heterocycles. The van der Waals surface area contributed by atoms with Crippen molar-refractivity contribution in [3.8, 4) is 6.07 Å². The molecule has 7 nitrogen and oxygen atoms in total. The van der Waals surface area contributed by atoms with E-state index >= 15 is 0 Å². The minimum Gasteiger partial charge on any atom is -0.450 e. The van der Waals surface area contributed by atoms with Crippen molar-refractivity contribution in [2.24, 2.45) is 0 Å². The topological polar surface area (TPSA) is 101 Å². The third kappa shape index (κ3) is 5.17. The van der Waals surface area contributed by atoms with Crippen LogP contribution in [0.3, 0.4) is 0 Å². The molecule has 3 rings (SSSR count). The summed E-state index contributed by atoms with van der Waals surface area (Å²) in [5.74, 6) is -1.66. The van der Waals surface area contributed by atoms with Gasteiger partial charge in [0.2, 0.25) is 5.76 Å². The van der Waals surface area contributed by atoms with Crippen LogP contribution in [0.2, 0.25) is 0 Å². The number of carbonyl (C=O) groups is 2. The lowest BCUT2D eigenvalue weighted by Gasteiger charge is -2.22. The van der Waals surface area contributed by atoms with Gasteiger partial charge in [0.1, 0.15) is 5.58 Å². The highest BCUT2D eigenvalue weighted by Gasteiger charge is 2.20. The number of nitriles is 1. The van der Waals surface area contributed by atoms with Crippen LogP contribution in [0.4, 0.5) is 5.69 Å². The van der Waals surface area contributed by atoms with Gasteiger partial charge in [-0.15, -0.1) is 0 Å². The zero-order valence-corrected chi connectivity index (χ0v) is 17.6. The van der Waals surface area contributed by atoms with E-state index < -0.39 is 18.5 Å². The van der Waals surface area contributed by atoms with Crippen LogP contribution in [-0.4, -0.2) is 25.0 Å². The highest BCUT2D eigenvalue weighted by Crippen LogP contribution is 2.20. The predicted molar refractivity (Wildman–Crippen MR) is 116 cm³/mol. The number of ether oxygens (including phenoxy) is 1. The molecule has 1 aromatic heterocycles. The van der Waals surface area contributed by atoms with E-state index in [0.717, 1.165) is 22.8 Å². The molecule has 0 atom stereocenters. The zero-order valence-electron chi connectivity index (χ0n) is 17.6. The molecule has 3 aromatic rings. The number of fused-ring (bicyclic) bond motifs is 1. The molecule has 0 saturated heterocycles. The highest BCUT2D eigenvalue weighted by atomic mass is 16.5. The summed E-state index contributed by atoms with van der Waals surface area (Å²) in [5, 5.41) is 9.30. The third-order valence-corrected chi connectivity index (χ3v) is 4.68. The molecule has 158 valence electrons. The van der Waals surface area contributed by atoms with E-state index in [1.165, 1.54) is 4.90 Å². The van der Waals surface area contributed by atoms with Crippen molar-refractivity contribution in [2.45, 2.75) is 27.2 Å². The molecule has 0 aliphatic rings. The number of amides is 1. The van der Waals surface area contributed by atoms with Crippen LogP contribution in [0.25, 0.3) is 11.0 Å². The quantitative estimate of drug-likeness (QED) is 0.564. The van der Waals surface area contributed by atoms with Gasteiger partial charge >= 0.3 is 5.97 Å². The van der Waals surface area contributed by atoms with Gasteiger partial charge in [0.05, 0.1) is 17.9 Å². The molecule has 0 aliphatic carbocycles. The van der Waals surface area contributed by atoms with E-state index in [9.17, 15) is 14.4 Å². The first-order chi connectivity index (χ1) is 14.8. The van der Waals surface area contributed by atoms with Crippen molar-refractivity contribution in [3.63, 3.8) is 0 Å². The number of aryl methyl sites for hydroxylation is 3. The number of hydrogen-bond acceptors (Lipinski definition) is 6. The van der Waals surface area contributed by atoms with E-state index in [4.69, 9.17) is 14.4 Å². The SMILES string of the molecule is Cc1cc(C)cc(N(CCC#N)C(=O)COC(=O)c2cc(=O)c3cc(C)ccc3o2)c1. The van der Waals surface area contributed by atoms with Crippen molar-refractivity contribution in [1.82, 2.24) is 0 Å². The molecule has 1 amide bonds. The van der Waals surface area contributed by atoms with Crippen LogP contribution in [0, 0.1) is 32.1 Å². The van der Waals surface area contributed by atoms with Crippen LogP contribution in [-0.2, 0) is 9.53 Å². The maximum Gasteiger partial charge on any atom is 0.374 e. The molecule has 2 aromatic carbocycles. The average Bonchev–Trinajstić information content (AvgIpc) is 2.72. The summed E-state index contributed by atoms with van der Waals surface area (Å²) in [6.07, 6.45) is 0.131. The molecule has 0 radical (unpaired) electrons. The van der Waals surface area contributed by atoms with Crippen LogP contribution in [0.15, 0.2) is 51.7 Å². The second-order valence-corrected chi connectivity index (χ2v) is 7.35. The van der Waals surface area contributed by atoms with Crippen molar-refractivity contribution in [1.29, 1.82) is 5.26 Å². The Kier molecular flexibility index (Phi) is 6.51. The first kappa shape index (κ1) is 21.8. The maximum atomic E-state index is 12.8. The molecule has 0 spiro atoms. The van der Waals surface area contributed by atoms with Crippen molar-refractivity contribution in [3.05, 3.63) is 75.1 Å². The van der Waals surface area contributed by atoms with Crippen molar-refractivity contribution in [2.75, 3.05) is 18.1 Å². The third-order valence-electron chi connectivity index (χ3n) is 4.68. The molecule has 0 fully saturated rings. The van der Waals surface area contributed by atoms with E-state index in [2.05, 4.69) is 0 Å². The Balaban J connectivity index is 1.78. The van der Waals surface area contributed by atoms with Crippen LogP contribution in [0.1, 0.15) is 33.7 Å². The molecule has 0 saturated carbocycles. The molecule has 7 heteroatoms. The zero-order chi connectivity index (χ0) is 22.5. The summed E-state index contributed by atoms with van der Waals surface area (Å²) in [7, 11) is 0. The standard InChI is InChI=1S/C24H22N2O5/c1-15-5-6-21-19(12-15)20(27)13-22(31-21)24(29)30-14-23(28)26(8-4-7-25)18-10-16(2)9-17(3)11-18/h5-6,9-13H,4,8,14H2,1-3H3. The predicted octanol–water partition coefficient (Wildman–Crippen LogP) is 3.82. The summed E-state index contributed by atoms with van der Waals surface area (Å²) in [5.41, 5.74) is 3.35. The fraction of sp³-hybridized carbons (Fsp3) is 0.250. The smallest absolute Gasteiger partial charge is 0.374 e. The monoisotopic (exact) mass is 418 g/mol. The van der Waals surface area contributed by atoms with E-state index in [0.29, 0.717) is 11.1 Å². The Morgan fingerprint density at radius 1 is 1.03 bits per heavy atom. The van der Waals surface area contributed by atoms with Gasteiger partial charge in [-0.25, -0.2) is 4.79 Å². The number of esters is 1. The molecule has 0 bridgehead atoms. The van der Waals surface area contributed by atoms with E-state index in [-0.39, 0.29) is 29.7 Å². The number of anilines is 1. The normalized spacial score (nSPS) is 10.5. The van der Waals surface area contributed by atoms with Gasteiger partial charge in [0.25, 0.3) is 5.91 Å². The van der Waals surface area contributed by atoms with Gasteiger partial charge < -0.3 is 14.1 Å². The lowest BCUT2D eigenvalue weighted by molar-refractivity contribution is -0.121. The summed E-state index contributed by atoms with van der Waals surface area (Å²) in [4.78, 5) is 38.9. The molecular formula is C24H22N2O5. The van der Waals surface area contributed by atoms with Crippen molar-refractivity contribution >= 4 is 28.5 Å². The largest absolute Gasteiger partial charge is 0.450 e. The Morgan fingerprint density at radius 3 is 2.42 bits per heavy atom. The van der Waals surface area contributed by atoms with Gasteiger partial charge in [-0.05, 0) is 56.2 Å². The lowest BCUT2D eigenvalue weighted by atomic mass is 10.1. The second-order valence-electron chi connectivity index (χ2n) is 7.35. The minimum absolute atomic E-state index is 0.131. The van der Waals surface area contributed by atoms with Crippen LogP contribution in [0.5, 0.6) is 0 Å². The number of carbonyl (C=O) groups excluding carboxylic acids is 2. The molecule has 31 heavy (non-hydrogen) atoms. The van der Waals surface area contributed by atoms with Crippen molar-refractivity contribution < 1.29 is 18.7 Å². The van der Waals surface area contributed by atoms with Gasteiger partial charge in [-0.2, -0.15) is 5.26 Å². The Morgan fingerprint density at radius 2 is 1.74 bits per heavy atom. The highest BCUT2D eigenvalue weighted by molar-refractivity contribution is 5.97. The summed E-state index contributed by atoms with van der Waals surface area (Å²) >= 11 is 0. The molecule has 0 N–H and O–H groups in total. The lowest BCUT2D eigenvalue weighted by Crippen LogP contribution is -2.35. The fourth-order valence-corrected chi connectivity index (χ4v) is 3.31. The molecule has 0 unspecified atom stereocenters. The maximum absolute atomic E-state index is 12.8. The Labute approximate surface area is 179 Å². The van der Waals surface area contributed by atoms with Gasteiger partial charge in [-0.1, -0.05) is 17.7 Å². The summed E-state index contributed by atoms with van der Waals surface area (Å²) in [6.45, 7) is 5.28. The van der Waals surface area contributed by atoms with Gasteiger partial charge in [-0.3, -0.25) is 9.59 Å².